The third-order valence-corrected chi connectivity index (χ3v) is 2.70. The molecule has 1 aromatic carbocycles. The number of carbonyl (C=O) groups is 1. The van der Waals surface area contributed by atoms with Crippen LogP contribution < -0.4 is 4.74 Å². The van der Waals surface area contributed by atoms with E-state index < -0.39 is 9.58 Å². The molecule has 0 heterocycles. The van der Waals surface area contributed by atoms with Crippen molar-refractivity contribution in [1.82, 2.24) is 0 Å². The molecule has 5 heteroatoms. The van der Waals surface area contributed by atoms with E-state index >= 15 is 0 Å². The van der Waals surface area contributed by atoms with Crippen LogP contribution in [0.15, 0.2) is 12.1 Å². The van der Waals surface area contributed by atoms with Gasteiger partial charge < -0.3 is 4.74 Å². The first kappa shape index (κ1) is 13.6. The number of halogens is 3. The highest BCUT2D eigenvalue weighted by Crippen LogP contribution is 2.33. The molecule has 0 radical (unpaired) electrons. The number of alkyl halides is 3. The minimum absolute atomic E-state index is 0.371. The highest BCUT2D eigenvalue weighted by Gasteiger charge is 2.32. The molecule has 0 amide bonds. The topological polar surface area (TPSA) is 26.3 Å². The van der Waals surface area contributed by atoms with Crippen LogP contribution in [0.1, 0.15) is 21.5 Å². The third-order valence-electron chi connectivity index (χ3n) is 2.18. The van der Waals surface area contributed by atoms with Gasteiger partial charge in [0.15, 0.2) is 0 Å². The third kappa shape index (κ3) is 2.82. The van der Waals surface area contributed by atoms with Crippen LogP contribution in [0.3, 0.4) is 0 Å². The number of Topliss-reactive ketones (excluding diaryl/α,β-unsaturated/α-hetero) is 1. The van der Waals surface area contributed by atoms with E-state index in [0.29, 0.717) is 5.56 Å². The SMILES string of the molecule is COc1c(C)cc(C(=O)C(Cl)(Cl)Cl)cc1C. The fourth-order valence-electron chi connectivity index (χ4n) is 1.57. The predicted octanol–water partition coefficient (Wildman–Crippen LogP) is 3.86. The molecule has 0 spiro atoms. The molecule has 2 nitrogen and oxygen atoms in total. The molecular formula is C11H11Cl3O2. The normalized spacial score (nSPS) is 11.4. The second-order valence-corrected chi connectivity index (χ2v) is 5.75. The minimum Gasteiger partial charge on any atom is -0.496 e. The maximum absolute atomic E-state index is 11.7. The summed E-state index contributed by atoms with van der Waals surface area (Å²) in [5.41, 5.74) is 2.04. The zero-order valence-corrected chi connectivity index (χ0v) is 11.4. The highest BCUT2D eigenvalue weighted by molar-refractivity contribution is 6.77. The summed E-state index contributed by atoms with van der Waals surface area (Å²) in [6, 6.07) is 3.30. The number of methoxy groups -OCH3 is 1. The molecule has 1 aromatic rings. The Hall–Kier alpha value is -0.440. The summed E-state index contributed by atoms with van der Waals surface area (Å²) in [4.78, 5) is 11.7. The standard InChI is InChI=1S/C11H11Cl3O2/c1-6-4-8(10(15)11(12,13)14)5-7(2)9(6)16-3/h4-5H,1-3H3. The van der Waals surface area contributed by atoms with E-state index in [1.807, 2.05) is 13.8 Å². The van der Waals surface area contributed by atoms with Crippen molar-refractivity contribution < 1.29 is 9.53 Å². The van der Waals surface area contributed by atoms with Crippen LogP contribution >= 0.6 is 34.8 Å². The molecule has 0 bridgehead atoms. The molecule has 88 valence electrons. The molecule has 0 aliphatic rings. The lowest BCUT2D eigenvalue weighted by Gasteiger charge is -2.13. The van der Waals surface area contributed by atoms with E-state index in [0.717, 1.165) is 16.9 Å². The Morgan fingerprint density at radius 3 is 1.94 bits per heavy atom. The summed E-state index contributed by atoms with van der Waals surface area (Å²) < 4.78 is 3.26. The van der Waals surface area contributed by atoms with Crippen LogP contribution in [0.5, 0.6) is 5.75 Å². The lowest BCUT2D eigenvalue weighted by Crippen LogP contribution is -2.19. The maximum atomic E-state index is 11.7. The summed E-state index contributed by atoms with van der Waals surface area (Å²) in [5.74, 6) is 0.201. The van der Waals surface area contributed by atoms with E-state index in [4.69, 9.17) is 39.5 Å². The zero-order chi connectivity index (χ0) is 12.5. The first-order chi connectivity index (χ1) is 7.27. The molecule has 0 saturated carbocycles. The Balaban J connectivity index is 3.24. The molecule has 16 heavy (non-hydrogen) atoms. The summed E-state index contributed by atoms with van der Waals surface area (Å²) in [6.45, 7) is 3.67. The van der Waals surface area contributed by atoms with Gasteiger partial charge >= 0.3 is 0 Å². The van der Waals surface area contributed by atoms with E-state index in [-0.39, 0.29) is 0 Å². The number of hydrogen-bond donors (Lipinski definition) is 0. The van der Waals surface area contributed by atoms with Crippen molar-refractivity contribution in [2.24, 2.45) is 0 Å². The average Bonchev–Trinajstić information content (AvgIpc) is 2.14. The van der Waals surface area contributed by atoms with Gasteiger partial charge in [0.2, 0.25) is 5.78 Å². The van der Waals surface area contributed by atoms with Crippen molar-refractivity contribution in [1.29, 1.82) is 0 Å². The Bertz CT molecular complexity index is 399. The molecule has 0 saturated heterocycles. The molecule has 0 unspecified atom stereocenters. The number of benzene rings is 1. The van der Waals surface area contributed by atoms with Crippen molar-refractivity contribution in [2.45, 2.75) is 17.6 Å². The van der Waals surface area contributed by atoms with Crippen LogP contribution in [-0.4, -0.2) is 16.7 Å². The number of ether oxygens (including phenoxy) is 1. The Kier molecular flexibility index (Phi) is 4.11. The van der Waals surface area contributed by atoms with Gasteiger partial charge in [0.25, 0.3) is 3.79 Å². The van der Waals surface area contributed by atoms with E-state index in [2.05, 4.69) is 0 Å². The van der Waals surface area contributed by atoms with Crippen LogP contribution in [0.25, 0.3) is 0 Å². The van der Waals surface area contributed by atoms with Crippen molar-refractivity contribution in [2.75, 3.05) is 7.11 Å². The predicted molar refractivity (Wildman–Crippen MR) is 67.1 cm³/mol. The van der Waals surface area contributed by atoms with E-state index in [9.17, 15) is 4.79 Å². The number of rotatable bonds is 2. The van der Waals surface area contributed by atoms with Crippen molar-refractivity contribution in [3.05, 3.63) is 28.8 Å². The fourth-order valence-corrected chi connectivity index (χ4v) is 1.89. The lowest BCUT2D eigenvalue weighted by atomic mass is 10.0. The first-order valence-electron chi connectivity index (χ1n) is 4.54. The van der Waals surface area contributed by atoms with Crippen molar-refractivity contribution in [3.8, 4) is 5.75 Å². The molecule has 1 rings (SSSR count). The average molecular weight is 282 g/mol. The van der Waals surface area contributed by atoms with Gasteiger partial charge in [-0.2, -0.15) is 0 Å². The summed E-state index contributed by atoms with van der Waals surface area (Å²) in [7, 11) is 1.58. The Morgan fingerprint density at radius 1 is 1.19 bits per heavy atom. The molecule has 0 aliphatic carbocycles. The zero-order valence-electron chi connectivity index (χ0n) is 9.11. The van der Waals surface area contributed by atoms with Crippen molar-refractivity contribution in [3.63, 3.8) is 0 Å². The largest absolute Gasteiger partial charge is 0.496 e. The lowest BCUT2D eigenvalue weighted by molar-refractivity contribution is 0.0996. The smallest absolute Gasteiger partial charge is 0.253 e. The van der Waals surface area contributed by atoms with Crippen LogP contribution in [0.4, 0.5) is 0 Å². The quantitative estimate of drug-likeness (QED) is 0.608. The number of ketones is 1. The van der Waals surface area contributed by atoms with Gasteiger partial charge in [-0.05, 0) is 37.1 Å². The molecule has 0 aliphatic heterocycles. The van der Waals surface area contributed by atoms with Gasteiger partial charge in [-0.15, -0.1) is 0 Å². The minimum atomic E-state index is -1.92. The maximum Gasteiger partial charge on any atom is 0.253 e. The number of aryl methyl sites for hydroxylation is 2. The van der Waals surface area contributed by atoms with Gasteiger partial charge in [0.1, 0.15) is 5.75 Å². The molecule has 0 fully saturated rings. The monoisotopic (exact) mass is 280 g/mol. The second kappa shape index (κ2) is 4.82. The van der Waals surface area contributed by atoms with Crippen LogP contribution in [0.2, 0.25) is 0 Å². The Morgan fingerprint density at radius 2 is 1.62 bits per heavy atom. The second-order valence-electron chi connectivity index (χ2n) is 3.47. The van der Waals surface area contributed by atoms with E-state index in [1.165, 1.54) is 0 Å². The number of carbonyl (C=O) groups excluding carboxylic acids is 1. The van der Waals surface area contributed by atoms with Gasteiger partial charge in [0.05, 0.1) is 7.11 Å². The highest BCUT2D eigenvalue weighted by atomic mass is 35.6. The molecule has 0 atom stereocenters. The summed E-state index contributed by atoms with van der Waals surface area (Å²) in [6.07, 6.45) is 0. The van der Waals surface area contributed by atoms with Gasteiger partial charge in [0, 0.05) is 5.56 Å². The van der Waals surface area contributed by atoms with Gasteiger partial charge in [-0.1, -0.05) is 34.8 Å². The van der Waals surface area contributed by atoms with Crippen LogP contribution in [-0.2, 0) is 0 Å². The van der Waals surface area contributed by atoms with Gasteiger partial charge in [-0.25, -0.2) is 0 Å². The molecule has 0 aromatic heterocycles. The van der Waals surface area contributed by atoms with Crippen molar-refractivity contribution >= 4 is 40.6 Å². The van der Waals surface area contributed by atoms with Crippen LogP contribution in [0, 0.1) is 13.8 Å². The summed E-state index contributed by atoms with van der Waals surface area (Å²) in [5, 5.41) is 0. The molecule has 0 N–H and O–H groups in total. The van der Waals surface area contributed by atoms with E-state index in [1.54, 1.807) is 19.2 Å². The fraction of sp³-hybridized carbons (Fsp3) is 0.364. The summed E-state index contributed by atoms with van der Waals surface area (Å²) >= 11 is 16.6. The number of hydrogen-bond acceptors (Lipinski definition) is 2. The molecular weight excluding hydrogens is 270 g/mol. The Labute approximate surface area is 109 Å². The first-order valence-corrected chi connectivity index (χ1v) is 5.67. The van der Waals surface area contributed by atoms with Gasteiger partial charge in [-0.3, -0.25) is 4.79 Å².